The van der Waals surface area contributed by atoms with Crippen LogP contribution in [0.5, 0.6) is 0 Å². The molecule has 0 aromatic heterocycles. The van der Waals surface area contributed by atoms with Gasteiger partial charge in [0.05, 0.1) is 0 Å². The molecule has 1 rings (SSSR count). The van der Waals surface area contributed by atoms with Crippen LogP contribution >= 0.6 is 0 Å². The summed E-state index contributed by atoms with van der Waals surface area (Å²) in [4.78, 5) is 12.8. The fourth-order valence-corrected chi connectivity index (χ4v) is 1.57. The Labute approximate surface area is 67.0 Å². The number of hydrogen-bond acceptors (Lipinski definition) is 3. The summed E-state index contributed by atoms with van der Waals surface area (Å²) in [5.74, 6) is -0.149. The Morgan fingerprint density at radius 3 is 2.45 bits per heavy atom. The van der Waals surface area contributed by atoms with Gasteiger partial charge in [-0.2, -0.15) is 0 Å². The van der Waals surface area contributed by atoms with Gasteiger partial charge in [-0.3, -0.25) is 9.69 Å². The molecule has 64 valence electrons. The van der Waals surface area contributed by atoms with E-state index in [2.05, 4.69) is 0 Å². The zero-order valence-corrected chi connectivity index (χ0v) is 7.29. The molecule has 11 heavy (non-hydrogen) atoms. The summed E-state index contributed by atoms with van der Waals surface area (Å²) in [5, 5.41) is 9.78. The number of likely N-dealkylation sites (N-methyl/N-ethyl adjacent to an activating group) is 1. The predicted octanol–water partition coefficient (Wildman–Crippen LogP) is 0.378. The standard InChI is InChI=1S/C8H15NO2/c1-6-4-5-8(11,7(2)10)9(6)3/h6,11H,4-5H2,1-3H3. The molecule has 1 saturated heterocycles. The van der Waals surface area contributed by atoms with Gasteiger partial charge in [-0.1, -0.05) is 0 Å². The Morgan fingerprint density at radius 2 is 2.27 bits per heavy atom. The Morgan fingerprint density at radius 1 is 1.73 bits per heavy atom. The molecule has 1 heterocycles. The van der Waals surface area contributed by atoms with Crippen molar-refractivity contribution in [2.45, 2.75) is 38.5 Å². The van der Waals surface area contributed by atoms with E-state index in [1.807, 2.05) is 6.92 Å². The number of likely N-dealkylation sites (tertiary alicyclic amines) is 1. The van der Waals surface area contributed by atoms with Crippen LogP contribution in [0.2, 0.25) is 0 Å². The molecule has 3 nitrogen and oxygen atoms in total. The quantitative estimate of drug-likeness (QED) is 0.598. The minimum Gasteiger partial charge on any atom is -0.369 e. The summed E-state index contributed by atoms with van der Waals surface area (Å²) in [7, 11) is 1.79. The molecular formula is C8H15NO2. The lowest BCUT2D eigenvalue weighted by Gasteiger charge is -2.29. The van der Waals surface area contributed by atoms with Crippen LogP contribution in [0.25, 0.3) is 0 Å². The highest BCUT2D eigenvalue weighted by atomic mass is 16.3. The van der Waals surface area contributed by atoms with Crippen molar-refractivity contribution in [1.82, 2.24) is 4.90 Å². The van der Waals surface area contributed by atoms with Crippen LogP contribution in [0.15, 0.2) is 0 Å². The van der Waals surface area contributed by atoms with Gasteiger partial charge in [0.15, 0.2) is 11.5 Å². The summed E-state index contributed by atoms with van der Waals surface area (Å²) in [5.41, 5.74) is -1.18. The van der Waals surface area contributed by atoms with Gasteiger partial charge in [-0.25, -0.2) is 0 Å². The normalized spacial score (nSPS) is 39.5. The molecule has 3 heteroatoms. The van der Waals surface area contributed by atoms with Crippen LogP contribution < -0.4 is 0 Å². The minimum absolute atomic E-state index is 0.149. The van der Waals surface area contributed by atoms with Crippen LogP contribution in [-0.4, -0.2) is 34.6 Å². The maximum atomic E-state index is 11.0. The first kappa shape index (κ1) is 8.68. The lowest BCUT2D eigenvalue weighted by molar-refractivity contribution is -0.151. The fraction of sp³-hybridized carbons (Fsp3) is 0.875. The van der Waals surface area contributed by atoms with Gasteiger partial charge in [0.1, 0.15) is 0 Å². The molecule has 1 aliphatic rings. The highest BCUT2D eigenvalue weighted by Crippen LogP contribution is 2.30. The van der Waals surface area contributed by atoms with Gasteiger partial charge in [-0.15, -0.1) is 0 Å². The van der Waals surface area contributed by atoms with Crippen LogP contribution in [-0.2, 0) is 4.79 Å². The number of Topliss-reactive ketones (excluding diaryl/α,β-unsaturated/α-hetero) is 1. The van der Waals surface area contributed by atoms with E-state index in [0.29, 0.717) is 12.5 Å². The predicted molar refractivity (Wildman–Crippen MR) is 42.1 cm³/mol. The molecule has 1 aliphatic heterocycles. The molecule has 0 saturated carbocycles. The van der Waals surface area contributed by atoms with Crippen molar-refractivity contribution in [3.8, 4) is 0 Å². The number of aliphatic hydroxyl groups is 1. The van der Waals surface area contributed by atoms with E-state index in [1.165, 1.54) is 6.92 Å². The molecule has 0 aromatic carbocycles. The average Bonchev–Trinajstić information content (AvgIpc) is 2.18. The van der Waals surface area contributed by atoms with Crippen molar-refractivity contribution in [1.29, 1.82) is 0 Å². The van der Waals surface area contributed by atoms with Crippen molar-refractivity contribution in [3.63, 3.8) is 0 Å². The van der Waals surface area contributed by atoms with Crippen molar-refractivity contribution in [2.75, 3.05) is 7.05 Å². The van der Waals surface area contributed by atoms with E-state index < -0.39 is 5.72 Å². The first-order valence-electron chi connectivity index (χ1n) is 3.95. The van der Waals surface area contributed by atoms with Gasteiger partial charge in [-0.05, 0) is 33.7 Å². The van der Waals surface area contributed by atoms with Crippen molar-refractivity contribution in [3.05, 3.63) is 0 Å². The van der Waals surface area contributed by atoms with Gasteiger partial charge in [0.2, 0.25) is 0 Å². The summed E-state index contributed by atoms with van der Waals surface area (Å²) < 4.78 is 0. The first-order chi connectivity index (χ1) is 4.98. The van der Waals surface area contributed by atoms with E-state index in [-0.39, 0.29) is 5.78 Å². The van der Waals surface area contributed by atoms with Crippen LogP contribution in [0.3, 0.4) is 0 Å². The van der Waals surface area contributed by atoms with Crippen molar-refractivity contribution >= 4 is 5.78 Å². The molecule has 0 spiro atoms. The van der Waals surface area contributed by atoms with Gasteiger partial charge in [0.25, 0.3) is 0 Å². The van der Waals surface area contributed by atoms with Crippen molar-refractivity contribution < 1.29 is 9.90 Å². The van der Waals surface area contributed by atoms with Gasteiger partial charge in [0, 0.05) is 6.04 Å². The zero-order valence-electron chi connectivity index (χ0n) is 7.29. The molecule has 0 bridgehead atoms. The second kappa shape index (κ2) is 2.57. The molecule has 0 amide bonds. The number of rotatable bonds is 1. The third kappa shape index (κ3) is 1.19. The SMILES string of the molecule is CC(=O)C1(O)CCC(C)N1C. The monoisotopic (exact) mass is 157 g/mol. The third-order valence-electron chi connectivity index (χ3n) is 2.72. The summed E-state index contributed by atoms with van der Waals surface area (Å²) >= 11 is 0. The van der Waals surface area contributed by atoms with Crippen LogP contribution in [0, 0.1) is 0 Å². The molecule has 1 fully saturated rings. The van der Waals surface area contributed by atoms with E-state index in [0.717, 1.165) is 6.42 Å². The maximum absolute atomic E-state index is 11.0. The first-order valence-corrected chi connectivity index (χ1v) is 3.95. The van der Waals surface area contributed by atoms with E-state index in [1.54, 1.807) is 11.9 Å². The van der Waals surface area contributed by atoms with Crippen LogP contribution in [0.4, 0.5) is 0 Å². The Kier molecular flexibility index (Phi) is 2.03. The molecule has 1 N–H and O–H groups in total. The molecule has 0 aromatic rings. The van der Waals surface area contributed by atoms with Crippen molar-refractivity contribution in [2.24, 2.45) is 0 Å². The second-order valence-corrected chi connectivity index (χ2v) is 3.37. The van der Waals surface area contributed by atoms with Gasteiger partial charge < -0.3 is 5.11 Å². The van der Waals surface area contributed by atoms with E-state index in [4.69, 9.17) is 0 Å². The molecule has 2 atom stereocenters. The highest BCUT2D eigenvalue weighted by molar-refractivity contribution is 5.84. The topological polar surface area (TPSA) is 40.5 Å². The third-order valence-corrected chi connectivity index (χ3v) is 2.72. The minimum atomic E-state index is -1.18. The van der Waals surface area contributed by atoms with E-state index >= 15 is 0 Å². The lowest BCUT2D eigenvalue weighted by Crippen LogP contribution is -2.49. The second-order valence-electron chi connectivity index (χ2n) is 3.37. The van der Waals surface area contributed by atoms with Crippen LogP contribution in [0.1, 0.15) is 26.7 Å². The Hall–Kier alpha value is -0.410. The average molecular weight is 157 g/mol. The zero-order chi connectivity index (χ0) is 8.65. The number of hydrogen-bond donors (Lipinski definition) is 1. The maximum Gasteiger partial charge on any atom is 0.177 e. The molecule has 0 radical (unpaired) electrons. The molecular weight excluding hydrogens is 142 g/mol. The fourth-order valence-electron chi connectivity index (χ4n) is 1.57. The highest BCUT2D eigenvalue weighted by Gasteiger charge is 2.44. The number of carbonyl (C=O) groups excluding carboxylic acids is 1. The van der Waals surface area contributed by atoms with E-state index in [9.17, 15) is 9.90 Å². The number of ketones is 1. The summed E-state index contributed by atoms with van der Waals surface area (Å²) in [6.45, 7) is 3.45. The number of carbonyl (C=O) groups is 1. The number of nitrogens with zero attached hydrogens (tertiary/aromatic N) is 1. The van der Waals surface area contributed by atoms with Gasteiger partial charge >= 0.3 is 0 Å². The Bertz CT molecular complexity index is 181. The molecule has 0 aliphatic carbocycles. The lowest BCUT2D eigenvalue weighted by atomic mass is 10.1. The summed E-state index contributed by atoms with van der Waals surface area (Å²) in [6.07, 6.45) is 1.46. The smallest absolute Gasteiger partial charge is 0.177 e. The summed E-state index contributed by atoms with van der Waals surface area (Å²) in [6, 6.07) is 0.309. The molecule has 2 unspecified atom stereocenters. The largest absolute Gasteiger partial charge is 0.369 e. The Balaban J connectivity index is 2.81.